The number of hydrogen-bond donors (Lipinski definition) is 1. The molecule has 1 aromatic carbocycles. The summed E-state index contributed by atoms with van der Waals surface area (Å²) < 4.78 is 13.4. The van der Waals surface area contributed by atoms with Gasteiger partial charge in [-0.25, -0.2) is 4.39 Å². The number of halogens is 1. The molecule has 1 nitrogen and oxygen atoms in total. The van der Waals surface area contributed by atoms with E-state index in [2.05, 4.69) is 5.32 Å². The average molecular weight is 207 g/mol. The summed E-state index contributed by atoms with van der Waals surface area (Å²) in [5.74, 6) is 0.678. The van der Waals surface area contributed by atoms with Gasteiger partial charge in [-0.3, -0.25) is 0 Å². The van der Waals surface area contributed by atoms with Crippen molar-refractivity contribution in [1.29, 1.82) is 0 Å². The van der Waals surface area contributed by atoms with Crippen LogP contribution < -0.4 is 5.32 Å². The molecule has 82 valence electrons. The van der Waals surface area contributed by atoms with Gasteiger partial charge in [0.25, 0.3) is 0 Å². The van der Waals surface area contributed by atoms with Crippen LogP contribution in [0.1, 0.15) is 23.1 Å². The minimum Gasteiger partial charge on any atom is -0.316 e. The van der Waals surface area contributed by atoms with Crippen molar-refractivity contribution in [2.24, 2.45) is 5.92 Å². The third-order valence-corrected chi connectivity index (χ3v) is 3.18. The van der Waals surface area contributed by atoms with Gasteiger partial charge in [0, 0.05) is 0 Å². The highest BCUT2D eigenvalue weighted by atomic mass is 19.1. The Kier molecular flexibility index (Phi) is 3.06. The maximum absolute atomic E-state index is 13.4. The van der Waals surface area contributed by atoms with Crippen LogP contribution in [0.3, 0.4) is 0 Å². The highest BCUT2D eigenvalue weighted by Crippen LogP contribution is 2.19. The SMILES string of the molecule is Cc1cc(CC2CCNC2)cc(C)c1F. The van der Waals surface area contributed by atoms with E-state index in [1.807, 2.05) is 26.0 Å². The van der Waals surface area contributed by atoms with Crippen LogP contribution in [0.4, 0.5) is 4.39 Å². The molecular formula is C13H18FN. The van der Waals surface area contributed by atoms with E-state index >= 15 is 0 Å². The number of rotatable bonds is 2. The Bertz CT molecular complexity index is 331. The van der Waals surface area contributed by atoms with Crippen molar-refractivity contribution >= 4 is 0 Å². The standard InChI is InChI=1S/C13H18FN/c1-9-5-12(6-10(2)13(9)14)7-11-3-4-15-8-11/h5-6,11,15H,3-4,7-8H2,1-2H3. The van der Waals surface area contributed by atoms with Crippen LogP contribution in [0.2, 0.25) is 0 Å². The van der Waals surface area contributed by atoms with Gasteiger partial charge >= 0.3 is 0 Å². The van der Waals surface area contributed by atoms with Gasteiger partial charge in [-0.15, -0.1) is 0 Å². The van der Waals surface area contributed by atoms with E-state index in [9.17, 15) is 4.39 Å². The molecule has 0 amide bonds. The quantitative estimate of drug-likeness (QED) is 0.786. The fraction of sp³-hybridized carbons (Fsp3) is 0.538. The molecule has 0 aromatic heterocycles. The first kappa shape index (κ1) is 10.6. The predicted molar refractivity (Wildman–Crippen MR) is 60.6 cm³/mol. The van der Waals surface area contributed by atoms with Crippen molar-refractivity contribution in [3.63, 3.8) is 0 Å². The normalized spacial score (nSPS) is 20.9. The molecule has 1 atom stereocenters. The molecule has 1 aliphatic heterocycles. The lowest BCUT2D eigenvalue weighted by Crippen LogP contribution is -2.11. The second-order valence-electron chi connectivity index (χ2n) is 4.61. The summed E-state index contributed by atoms with van der Waals surface area (Å²) in [6.07, 6.45) is 2.32. The van der Waals surface area contributed by atoms with E-state index < -0.39 is 0 Å². The van der Waals surface area contributed by atoms with Gasteiger partial charge in [0.2, 0.25) is 0 Å². The lowest BCUT2D eigenvalue weighted by atomic mass is 9.96. The molecule has 0 bridgehead atoms. The largest absolute Gasteiger partial charge is 0.316 e. The third kappa shape index (κ3) is 2.37. The maximum Gasteiger partial charge on any atom is 0.129 e. The molecular weight excluding hydrogens is 189 g/mol. The van der Waals surface area contributed by atoms with E-state index in [4.69, 9.17) is 0 Å². The first-order chi connectivity index (χ1) is 7.16. The Balaban J connectivity index is 2.14. The van der Waals surface area contributed by atoms with Crippen LogP contribution in [-0.2, 0) is 6.42 Å². The zero-order valence-corrected chi connectivity index (χ0v) is 9.44. The Labute approximate surface area is 90.7 Å². The minimum absolute atomic E-state index is 0.0525. The molecule has 0 radical (unpaired) electrons. The minimum atomic E-state index is -0.0525. The van der Waals surface area contributed by atoms with Crippen molar-refractivity contribution in [3.8, 4) is 0 Å². The Hall–Kier alpha value is -0.890. The Morgan fingerprint density at radius 2 is 2.00 bits per heavy atom. The van der Waals surface area contributed by atoms with Crippen molar-refractivity contribution in [2.75, 3.05) is 13.1 Å². The van der Waals surface area contributed by atoms with Crippen LogP contribution >= 0.6 is 0 Å². The molecule has 15 heavy (non-hydrogen) atoms. The first-order valence-corrected chi connectivity index (χ1v) is 5.63. The summed E-state index contributed by atoms with van der Waals surface area (Å²) in [6.45, 7) is 5.93. The van der Waals surface area contributed by atoms with E-state index in [1.54, 1.807) is 0 Å². The molecule has 1 saturated heterocycles. The number of benzene rings is 1. The maximum atomic E-state index is 13.4. The summed E-state index contributed by atoms with van der Waals surface area (Å²) in [5.41, 5.74) is 2.83. The summed E-state index contributed by atoms with van der Waals surface area (Å²) in [6, 6.07) is 3.97. The monoisotopic (exact) mass is 207 g/mol. The highest BCUT2D eigenvalue weighted by molar-refractivity contribution is 5.30. The zero-order chi connectivity index (χ0) is 10.8. The summed E-state index contributed by atoms with van der Waals surface area (Å²) in [7, 11) is 0. The van der Waals surface area contributed by atoms with Crippen molar-refractivity contribution in [3.05, 3.63) is 34.6 Å². The van der Waals surface area contributed by atoms with E-state index in [0.29, 0.717) is 0 Å². The third-order valence-electron chi connectivity index (χ3n) is 3.18. The molecule has 0 spiro atoms. The molecule has 1 aliphatic rings. The molecule has 1 unspecified atom stereocenters. The molecule has 0 saturated carbocycles. The molecule has 2 rings (SSSR count). The van der Waals surface area contributed by atoms with Gasteiger partial charge in [0.1, 0.15) is 5.82 Å². The topological polar surface area (TPSA) is 12.0 Å². The van der Waals surface area contributed by atoms with Crippen molar-refractivity contribution in [1.82, 2.24) is 5.32 Å². The lowest BCUT2D eigenvalue weighted by molar-refractivity contribution is 0.574. The van der Waals surface area contributed by atoms with Gasteiger partial charge in [-0.05, 0) is 62.4 Å². The Morgan fingerprint density at radius 1 is 1.33 bits per heavy atom. The molecule has 1 heterocycles. The summed E-state index contributed by atoms with van der Waals surface area (Å²) in [5, 5.41) is 3.36. The van der Waals surface area contributed by atoms with Gasteiger partial charge in [-0.2, -0.15) is 0 Å². The van der Waals surface area contributed by atoms with Gasteiger partial charge in [0.05, 0.1) is 0 Å². The van der Waals surface area contributed by atoms with E-state index in [1.165, 1.54) is 12.0 Å². The second kappa shape index (κ2) is 4.31. The first-order valence-electron chi connectivity index (χ1n) is 5.63. The lowest BCUT2D eigenvalue weighted by Gasteiger charge is -2.10. The van der Waals surface area contributed by atoms with Crippen molar-refractivity contribution < 1.29 is 4.39 Å². The van der Waals surface area contributed by atoms with Gasteiger partial charge in [0.15, 0.2) is 0 Å². The summed E-state index contributed by atoms with van der Waals surface area (Å²) >= 11 is 0. The van der Waals surface area contributed by atoms with Crippen LogP contribution in [0.15, 0.2) is 12.1 Å². The summed E-state index contributed by atoms with van der Waals surface area (Å²) in [4.78, 5) is 0. The van der Waals surface area contributed by atoms with Crippen LogP contribution in [0.25, 0.3) is 0 Å². The van der Waals surface area contributed by atoms with Crippen LogP contribution in [0.5, 0.6) is 0 Å². The number of aryl methyl sites for hydroxylation is 2. The highest BCUT2D eigenvalue weighted by Gasteiger charge is 2.15. The van der Waals surface area contributed by atoms with Crippen LogP contribution in [-0.4, -0.2) is 13.1 Å². The Morgan fingerprint density at radius 3 is 2.53 bits per heavy atom. The van der Waals surface area contributed by atoms with Gasteiger partial charge < -0.3 is 5.32 Å². The molecule has 1 aromatic rings. The zero-order valence-electron chi connectivity index (χ0n) is 9.44. The van der Waals surface area contributed by atoms with Crippen LogP contribution in [0, 0.1) is 25.6 Å². The molecule has 2 heteroatoms. The molecule has 1 fully saturated rings. The second-order valence-corrected chi connectivity index (χ2v) is 4.61. The fourth-order valence-electron chi connectivity index (χ4n) is 2.38. The average Bonchev–Trinajstić information content (AvgIpc) is 2.66. The van der Waals surface area contributed by atoms with E-state index in [0.717, 1.165) is 36.6 Å². The molecule has 1 N–H and O–H groups in total. The smallest absolute Gasteiger partial charge is 0.129 e. The number of nitrogens with one attached hydrogen (secondary N) is 1. The molecule has 0 aliphatic carbocycles. The number of hydrogen-bond acceptors (Lipinski definition) is 1. The van der Waals surface area contributed by atoms with E-state index in [-0.39, 0.29) is 5.82 Å². The fourth-order valence-corrected chi connectivity index (χ4v) is 2.38. The predicted octanol–water partition coefficient (Wildman–Crippen LogP) is 2.59. The van der Waals surface area contributed by atoms with Gasteiger partial charge in [-0.1, -0.05) is 12.1 Å². The van der Waals surface area contributed by atoms with Crippen molar-refractivity contribution in [2.45, 2.75) is 26.7 Å².